The number of hydrogen-bond donors (Lipinski definition) is 1. The number of benzene rings is 1. The minimum atomic E-state index is -3.51. The van der Waals surface area contributed by atoms with Gasteiger partial charge in [-0.2, -0.15) is 4.31 Å². The van der Waals surface area contributed by atoms with Crippen molar-refractivity contribution in [2.45, 2.75) is 64.0 Å². The van der Waals surface area contributed by atoms with Crippen LogP contribution in [0.5, 0.6) is 0 Å². The van der Waals surface area contributed by atoms with Crippen LogP contribution in [0.4, 0.5) is 0 Å². The van der Waals surface area contributed by atoms with Crippen LogP contribution in [0.15, 0.2) is 35.2 Å². The van der Waals surface area contributed by atoms with E-state index in [0.29, 0.717) is 18.0 Å². The van der Waals surface area contributed by atoms with Gasteiger partial charge < -0.3 is 9.74 Å². The van der Waals surface area contributed by atoms with Crippen molar-refractivity contribution < 1.29 is 12.8 Å². The summed E-state index contributed by atoms with van der Waals surface area (Å²) in [7, 11) is -4.20. The van der Waals surface area contributed by atoms with Gasteiger partial charge in [-0.3, -0.25) is 0 Å². The Hall–Kier alpha value is -0.733. The molecule has 166 valence electrons. The predicted octanol–water partition coefficient (Wildman–Crippen LogP) is 3.27. The van der Waals surface area contributed by atoms with Crippen LogP contribution in [0.3, 0.4) is 0 Å². The topological polar surface area (TPSA) is 58.6 Å². The number of nitrogens with zero attached hydrogens (tertiary/aromatic N) is 1. The molecule has 1 aliphatic rings. The maximum atomic E-state index is 13.4. The van der Waals surface area contributed by atoms with Gasteiger partial charge in [0.1, 0.15) is 0 Å². The summed E-state index contributed by atoms with van der Waals surface area (Å²) in [5.41, 5.74) is -0.256. The van der Waals surface area contributed by atoms with Crippen LogP contribution in [-0.4, -0.2) is 54.3 Å². The lowest BCUT2D eigenvalue weighted by Gasteiger charge is -2.39. The molecule has 0 spiro atoms. The highest BCUT2D eigenvalue weighted by atomic mass is 32.2. The quantitative estimate of drug-likeness (QED) is 0.599. The first-order valence-electron chi connectivity index (χ1n) is 10.7. The summed E-state index contributed by atoms with van der Waals surface area (Å²) in [6.45, 7) is 17.9. The molecule has 1 fully saturated rings. The first kappa shape index (κ1) is 24.5. The van der Waals surface area contributed by atoms with Gasteiger partial charge in [0.05, 0.1) is 10.5 Å². The normalized spacial score (nSPS) is 21.7. The average Bonchev–Trinajstić information content (AvgIpc) is 3.09. The van der Waals surface area contributed by atoms with Crippen LogP contribution in [0.25, 0.3) is 0 Å². The molecule has 0 bridgehead atoms. The van der Waals surface area contributed by atoms with Gasteiger partial charge in [-0.1, -0.05) is 52.8 Å². The van der Waals surface area contributed by atoms with Gasteiger partial charge in [-0.15, -0.1) is 0 Å². The van der Waals surface area contributed by atoms with Crippen LogP contribution in [0.2, 0.25) is 5.04 Å². The first-order valence-corrected chi connectivity index (χ1v) is 13.5. The molecule has 2 atom stereocenters. The van der Waals surface area contributed by atoms with E-state index in [4.69, 9.17) is 4.43 Å². The summed E-state index contributed by atoms with van der Waals surface area (Å²) in [6, 6.07) is 8.80. The summed E-state index contributed by atoms with van der Waals surface area (Å²) < 4.78 is 34.9. The van der Waals surface area contributed by atoms with E-state index in [9.17, 15) is 8.42 Å². The molecular formula is C22H40N2O3SSi. The zero-order valence-corrected chi connectivity index (χ0v) is 21.5. The molecule has 1 saturated heterocycles. The molecule has 0 amide bonds. The number of sulfonamides is 1. The van der Waals surface area contributed by atoms with Crippen molar-refractivity contribution in [3.63, 3.8) is 0 Å². The Balaban J connectivity index is 2.21. The van der Waals surface area contributed by atoms with Gasteiger partial charge in [0.25, 0.3) is 0 Å². The molecule has 5 nitrogen and oxygen atoms in total. The molecule has 7 heteroatoms. The van der Waals surface area contributed by atoms with E-state index in [0.717, 1.165) is 13.1 Å². The van der Waals surface area contributed by atoms with E-state index in [1.54, 1.807) is 28.6 Å². The lowest BCUT2D eigenvalue weighted by Crippen LogP contribution is -2.46. The second kappa shape index (κ2) is 9.60. The first-order chi connectivity index (χ1) is 13.3. The second-order valence-electron chi connectivity index (χ2n) is 10.5. The zero-order valence-electron chi connectivity index (χ0n) is 19.2. The zero-order chi connectivity index (χ0) is 21.9. The highest BCUT2D eigenvalue weighted by Crippen LogP contribution is 2.34. The standard InChI is InChI=1S/C22H40N2O3SSi/c1-17(2)15-24(28(25,26)19-11-9-8-10-12-19)16-18-13-23-14-20(18)22(6,7)27-29-21(3,4)5/h8-12,17-18,20,23H,13-16,29H2,1-7H3/t18-,20+/m0/s1. The Bertz CT molecular complexity index is 745. The molecule has 0 aromatic heterocycles. The fourth-order valence-electron chi connectivity index (χ4n) is 3.93. The Kier molecular flexibility index (Phi) is 8.12. The summed E-state index contributed by atoms with van der Waals surface area (Å²) in [6.07, 6.45) is 0. The third kappa shape index (κ3) is 6.89. The molecule has 0 saturated carbocycles. The van der Waals surface area contributed by atoms with Crippen LogP contribution in [-0.2, 0) is 14.4 Å². The molecule has 0 radical (unpaired) electrons. The van der Waals surface area contributed by atoms with E-state index in [2.05, 4.69) is 53.8 Å². The van der Waals surface area contributed by atoms with Crippen LogP contribution < -0.4 is 5.32 Å². The van der Waals surface area contributed by atoms with E-state index >= 15 is 0 Å². The lowest BCUT2D eigenvalue weighted by atomic mass is 9.82. The minimum Gasteiger partial charge on any atom is -0.418 e. The van der Waals surface area contributed by atoms with Crippen molar-refractivity contribution >= 4 is 19.8 Å². The maximum absolute atomic E-state index is 13.4. The average molecular weight is 441 g/mol. The van der Waals surface area contributed by atoms with Crippen molar-refractivity contribution in [3.05, 3.63) is 30.3 Å². The predicted molar refractivity (Wildman–Crippen MR) is 123 cm³/mol. The van der Waals surface area contributed by atoms with Crippen LogP contribution in [0.1, 0.15) is 48.5 Å². The van der Waals surface area contributed by atoms with E-state index < -0.39 is 19.8 Å². The van der Waals surface area contributed by atoms with E-state index in [-0.39, 0.29) is 28.4 Å². The molecule has 0 unspecified atom stereocenters. The van der Waals surface area contributed by atoms with Crippen molar-refractivity contribution in [2.24, 2.45) is 17.8 Å². The number of rotatable bonds is 9. The van der Waals surface area contributed by atoms with Crippen molar-refractivity contribution in [2.75, 3.05) is 26.2 Å². The Morgan fingerprint density at radius 1 is 1.14 bits per heavy atom. The van der Waals surface area contributed by atoms with Crippen LogP contribution >= 0.6 is 0 Å². The summed E-state index contributed by atoms with van der Waals surface area (Å²) in [5.74, 6) is 0.785. The summed E-state index contributed by atoms with van der Waals surface area (Å²) in [4.78, 5) is 0.374. The monoisotopic (exact) mass is 440 g/mol. The van der Waals surface area contributed by atoms with E-state index in [1.807, 2.05) is 6.07 Å². The number of nitrogens with one attached hydrogen (secondary N) is 1. The fraction of sp³-hybridized carbons (Fsp3) is 0.727. The van der Waals surface area contributed by atoms with Gasteiger partial charge in [0.15, 0.2) is 9.76 Å². The van der Waals surface area contributed by atoms with Crippen molar-refractivity contribution in [3.8, 4) is 0 Å². The Morgan fingerprint density at radius 3 is 2.31 bits per heavy atom. The molecule has 1 aromatic carbocycles. The second-order valence-corrected chi connectivity index (χ2v) is 15.1. The third-order valence-corrected chi connectivity index (χ3v) is 9.10. The smallest absolute Gasteiger partial charge is 0.243 e. The molecule has 1 heterocycles. The van der Waals surface area contributed by atoms with Crippen molar-refractivity contribution in [1.82, 2.24) is 9.62 Å². The Morgan fingerprint density at radius 2 is 1.76 bits per heavy atom. The van der Waals surface area contributed by atoms with Gasteiger partial charge in [-0.05, 0) is 49.4 Å². The molecule has 1 aliphatic heterocycles. The summed E-state index contributed by atoms with van der Waals surface area (Å²) in [5, 5.41) is 3.72. The van der Waals surface area contributed by atoms with Crippen molar-refractivity contribution in [1.29, 1.82) is 0 Å². The van der Waals surface area contributed by atoms with Gasteiger partial charge >= 0.3 is 0 Å². The minimum absolute atomic E-state index is 0.233. The molecule has 1 N–H and O–H groups in total. The largest absolute Gasteiger partial charge is 0.418 e. The summed E-state index contributed by atoms with van der Waals surface area (Å²) >= 11 is 0. The number of hydrogen-bond acceptors (Lipinski definition) is 4. The molecule has 1 aromatic rings. The van der Waals surface area contributed by atoms with Gasteiger partial charge in [0.2, 0.25) is 10.0 Å². The van der Waals surface area contributed by atoms with Gasteiger partial charge in [-0.25, -0.2) is 8.42 Å². The third-order valence-electron chi connectivity index (χ3n) is 5.50. The molecular weight excluding hydrogens is 400 g/mol. The SMILES string of the molecule is CC(C)CN(C[C@@H]1CNC[C@H]1C(C)(C)O[SiH2]C(C)(C)C)S(=O)(=O)c1ccccc1. The Labute approximate surface area is 180 Å². The molecule has 29 heavy (non-hydrogen) atoms. The lowest BCUT2D eigenvalue weighted by molar-refractivity contribution is 0.0279. The van der Waals surface area contributed by atoms with E-state index in [1.165, 1.54) is 0 Å². The maximum Gasteiger partial charge on any atom is 0.243 e. The van der Waals surface area contributed by atoms with Crippen LogP contribution in [0, 0.1) is 17.8 Å². The highest BCUT2D eigenvalue weighted by Gasteiger charge is 2.42. The molecule has 0 aliphatic carbocycles. The molecule has 2 rings (SSSR count). The van der Waals surface area contributed by atoms with Gasteiger partial charge in [0, 0.05) is 25.6 Å². The highest BCUT2D eigenvalue weighted by molar-refractivity contribution is 7.89. The fourth-order valence-corrected chi connectivity index (χ4v) is 6.63.